The van der Waals surface area contributed by atoms with E-state index in [1.807, 2.05) is 75.3 Å². The lowest BCUT2D eigenvalue weighted by Crippen LogP contribution is -2.53. The molecule has 4 rings (SSSR count). The predicted molar refractivity (Wildman–Crippen MR) is 161 cm³/mol. The smallest absolute Gasteiger partial charge is 0.408 e. The number of likely N-dealkylation sites (tertiary alicyclic amines) is 2. The number of amides is 4. The van der Waals surface area contributed by atoms with E-state index in [0.717, 1.165) is 11.3 Å². The zero-order valence-corrected chi connectivity index (χ0v) is 25.4. The van der Waals surface area contributed by atoms with E-state index in [-0.39, 0.29) is 43.2 Å². The molecule has 4 amide bonds. The van der Waals surface area contributed by atoms with Crippen LogP contribution in [0.3, 0.4) is 0 Å². The van der Waals surface area contributed by atoms with Crippen LogP contribution in [0.5, 0.6) is 0 Å². The number of Topliss-reactive ketones (excluding diaryl/α,β-unsaturated/α-hetero) is 1. The van der Waals surface area contributed by atoms with E-state index in [2.05, 4.69) is 10.6 Å². The minimum atomic E-state index is -0.925. The van der Waals surface area contributed by atoms with Crippen molar-refractivity contribution in [2.75, 3.05) is 32.1 Å². The third-order valence-electron chi connectivity index (χ3n) is 7.86. The van der Waals surface area contributed by atoms with Crippen LogP contribution in [0.25, 0.3) is 0 Å². The molecule has 2 N–H and O–H groups in total. The number of anilines is 1. The molecule has 11 nitrogen and oxygen atoms in total. The van der Waals surface area contributed by atoms with Crippen molar-refractivity contribution in [1.82, 2.24) is 20.4 Å². The first-order valence-electron chi connectivity index (χ1n) is 14.7. The highest BCUT2D eigenvalue weighted by molar-refractivity contribution is 6.01. The number of carbonyl (C=O) groups is 5. The number of nitrogens with zero attached hydrogens (tertiary/aromatic N) is 3. The van der Waals surface area contributed by atoms with Gasteiger partial charge in [-0.3, -0.25) is 19.2 Å². The summed E-state index contributed by atoms with van der Waals surface area (Å²) in [6.07, 6.45) is 0.0866. The number of ketones is 1. The molecule has 2 aromatic carbocycles. The van der Waals surface area contributed by atoms with Gasteiger partial charge in [-0.25, -0.2) is 4.79 Å². The highest BCUT2D eigenvalue weighted by Gasteiger charge is 2.52. The molecule has 11 heteroatoms. The van der Waals surface area contributed by atoms with Gasteiger partial charge in [0.05, 0.1) is 12.6 Å². The molecule has 230 valence electrons. The van der Waals surface area contributed by atoms with E-state index in [1.54, 1.807) is 19.1 Å². The van der Waals surface area contributed by atoms with E-state index in [4.69, 9.17) is 4.74 Å². The van der Waals surface area contributed by atoms with Crippen molar-refractivity contribution in [2.45, 2.75) is 64.4 Å². The zero-order chi connectivity index (χ0) is 31.3. The van der Waals surface area contributed by atoms with Crippen molar-refractivity contribution < 1.29 is 28.7 Å². The SMILES string of the molecule is CC(C)C[C@H](NC(=O)c1ccc(N(C)C)cc1)C(=O)N1CC[C@@H]2[C@H]1C(=O)CN2C(=O)[C@H](C)NC(=O)OCc1ccccc1. The van der Waals surface area contributed by atoms with Crippen LogP contribution in [-0.4, -0.2) is 90.8 Å². The molecule has 2 saturated heterocycles. The Balaban J connectivity index is 1.39. The Bertz CT molecular complexity index is 1330. The van der Waals surface area contributed by atoms with Crippen LogP contribution in [0.2, 0.25) is 0 Å². The van der Waals surface area contributed by atoms with Crippen molar-refractivity contribution in [2.24, 2.45) is 5.92 Å². The molecule has 0 unspecified atom stereocenters. The van der Waals surface area contributed by atoms with Gasteiger partial charge in [0, 0.05) is 31.9 Å². The normalized spacial score (nSPS) is 19.1. The number of benzene rings is 2. The highest BCUT2D eigenvalue weighted by atomic mass is 16.5. The molecule has 4 atom stereocenters. The Kier molecular flexibility index (Phi) is 10.1. The first-order chi connectivity index (χ1) is 20.5. The van der Waals surface area contributed by atoms with Crippen molar-refractivity contribution in [3.8, 4) is 0 Å². The van der Waals surface area contributed by atoms with Crippen LogP contribution in [0.15, 0.2) is 54.6 Å². The largest absolute Gasteiger partial charge is 0.445 e. The molecule has 0 aromatic heterocycles. The summed E-state index contributed by atoms with van der Waals surface area (Å²) in [6.45, 7) is 5.67. The van der Waals surface area contributed by atoms with Crippen LogP contribution in [0.4, 0.5) is 10.5 Å². The van der Waals surface area contributed by atoms with E-state index >= 15 is 0 Å². The molecule has 43 heavy (non-hydrogen) atoms. The van der Waals surface area contributed by atoms with Crippen LogP contribution < -0.4 is 15.5 Å². The molecule has 0 spiro atoms. The average molecular weight is 592 g/mol. The zero-order valence-electron chi connectivity index (χ0n) is 25.4. The second-order valence-electron chi connectivity index (χ2n) is 11.8. The third kappa shape index (κ3) is 7.52. The van der Waals surface area contributed by atoms with E-state index < -0.39 is 36.2 Å². The lowest BCUT2D eigenvalue weighted by atomic mass is 10.0. The summed E-state index contributed by atoms with van der Waals surface area (Å²) in [5.41, 5.74) is 2.19. The Morgan fingerprint density at radius 1 is 0.930 bits per heavy atom. The van der Waals surface area contributed by atoms with Crippen molar-refractivity contribution in [1.29, 1.82) is 0 Å². The molecular weight excluding hydrogens is 550 g/mol. The maximum absolute atomic E-state index is 13.8. The number of hydrogen-bond acceptors (Lipinski definition) is 7. The van der Waals surface area contributed by atoms with Crippen LogP contribution >= 0.6 is 0 Å². The maximum atomic E-state index is 13.8. The molecule has 2 aliphatic heterocycles. The minimum Gasteiger partial charge on any atom is -0.445 e. The molecule has 2 aromatic rings. The molecule has 0 radical (unpaired) electrons. The predicted octanol–water partition coefficient (Wildman–Crippen LogP) is 2.59. The summed E-state index contributed by atoms with van der Waals surface area (Å²) in [6, 6.07) is 13.2. The van der Waals surface area contributed by atoms with Crippen molar-refractivity contribution in [3.63, 3.8) is 0 Å². The third-order valence-corrected chi connectivity index (χ3v) is 7.86. The fraction of sp³-hybridized carbons (Fsp3) is 0.469. The van der Waals surface area contributed by atoms with Gasteiger partial charge in [-0.1, -0.05) is 44.2 Å². The van der Waals surface area contributed by atoms with Crippen molar-refractivity contribution in [3.05, 3.63) is 65.7 Å². The summed E-state index contributed by atoms with van der Waals surface area (Å²) in [4.78, 5) is 70.6. The standard InChI is InChI=1S/C32H41N5O6/c1-20(2)17-25(34-29(39)23-11-13-24(14-12-23)35(4)5)31(41)36-16-15-26-28(36)27(38)18-37(26)30(40)21(3)33-32(42)43-19-22-9-7-6-8-10-22/h6-14,20-21,25-26,28H,15-19H2,1-5H3,(H,33,42)(H,34,39)/t21-,25-,26+,28-/m0/s1. The first kappa shape index (κ1) is 31.5. The van der Waals surface area contributed by atoms with Gasteiger partial charge in [-0.05, 0) is 55.5 Å². The van der Waals surface area contributed by atoms with E-state index in [1.165, 1.54) is 9.80 Å². The Morgan fingerprint density at radius 3 is 2.23 bits per heavy atom. The summed E-state index contributed by atoms with van der Waals surface area (Å²) < 4.78 is 5.23. The first-order valence-corrected chi connectivity index (χ1v) is 14.7. The number of alkyl carbamates (subject to hydrolysis) is 1. The van der Waals surface area contributed by atoms with Gasteiger partial charge in [-0.15, -0.1) is 0 Å². The van der Waals surface area contributed by atoms with Gasteiger partial charge in [0.2, 0.25) is 11.8 Å². The lowest BCUT2D eigenvalue weighted by molar-refractivity contribution is -0.138. The molecule has 0 bridgehead atoms. The second kappa shape index (κ2) is 13.7. The topological polar surface area (TPSA) is 128 Å². The second-order valence-corrected chi connectivity index (χ2v) is 11.8. The monoisotopic (exact) mass is 591 g/mol. The molecule has 0 saturated carbocycles. The fourth-order valence-electron chi connectivity index (χ4n) is 5.66. The molecule has 2 heterocycles. The number of fused-ring (bicyclic) bond motifs is 1. The summed E-state index contributed by atoms with van der Waals surface area (Å²) in [5, 5.41) is 5.43. The molecule has 0 aliphatic carbocycles. The quantitative estimate of drug-likeness (QED) is 0.435. The summed E-state index contributed by atoms with van der Waals surface area (Å²) >= 11 is 0. The van der Waals surface area contributed by atoms with E-state index in [0.29, 0.717) is 18.4 Å². The maximum Gasteiger partial charge on any atom is 0.408 e. The van der Waals surface area contributed by atoms with Gasteiger partial charge >= 0.3 is 6.09 Å². The van der Waals surface area contributed by atoms with Gasteiger partial charge in [-0.2, -0.15) is 0 Å². The van der Waals surface area contributed by atoms with Gasteiger partial charge in [0.15, 0.2) is 5.78 Å². The molecular formula is C32H41N5O6. The minimum absolute atomic E-state index is 0.0625. The summed E-state index contributed by atoms with van der Waals surface area (Å²) in [7, 11) is 3.82. The van der Waals surface area contributed by atoms with Gasteiger partial charge in [0.1, 0.15) is 24.7 Å². The molecule has 2 aliphatic rings. The Hall–Kier alpha value is -4.41. The number of ether oxygens (including phenoxy) is 1. The highest BCUT2D eigenvalue weighted by Crippen LogP contribution is 2.31. The van der Waals surface area contributed by atoms with Gasteiger partial charge in [0.25, 0.3) is 5.91 Å². The van der Waals surface area contributed by atoms with Crippen LogP contribution in [0, 0.1) is 5.92 Å². The Labute approximate surface area is 252 Å². The van der Waals surface area contributed by atoms with Crippen LogP contribution in [-0.2, 0) is 25.7 Å². The molecule has 2 fully saturated rings. The fourth-order valence-corrected chi connectivity index (χ4v) is 5.66. The number of rotatable bonds is 10. The summed E-state index contributed by atoms with van der Waals surface area (Å²) in [5.74, 6) is -1.25. The van der Waals surface area contributed by atoms with Crippen LogP contribution in [0.1, 0.15) is 49.5 Å². The Morgan fingerprint density at radius 2 is 1.60 bits per heavy atom. The number of nitrogens with one attached hydrogen (secondary N) is 2. The lowest BCUT2D eigenvalue weighted by Gasteiger charge is -2.29. The number of hydrogen-bond donors (Lipinski definition) is 2. The van der Waals surface area contributed by atoms with Crippen molar-refractivity contribution >= 4 is 35.3 Å². The number of carbonyl (C=O) groups excluding carboxylic acids is 5. The average Bonchev–Trinajstić information content (AvgIpc) is 3.56. The van der Waals surface area contributed by atoms with Gasteiger partial charge < -0.3 is 30.1 Å². The van der Waals surface area contributed by atoms with E-state index in [9.17, 15) is 24.0 Å².